The van der Waals surface area contributed by atoms with Gasteiger partial charge in [0.05, 0.1) is 16.4 Å². The molecule has 0 fully saturated rings. The Morgan fingerprint density at radius 3 is 2.79 bits per heavy atom. The van der Waals surface area contributed by atoms with Crippen LogP contribution in [0.15, 0.2) is 10.7 Å². The molecule has 0 saturated carbocycles. The molecule has 14 heavy (non-hydrogen) atoms. The molecule has 0 aliphatic heterocycles. The van der Waals surface area contributed by atoms with E-state index in [9.17, 15) is 13.9 Å². The van der Waals surface area contributed by atoms with E-state index in [0.29, 0.717) is 11.0 Å². The molecular weight excluding hydrogens is 258 g/mol. The lowest BCUT2D eigenvalue weighted by molar-refractivity contribution is -0.0112. The molecule has 0 aromatic carbocycles. The molecule has 0 saturated heterocycles. The van der Waals surface area contributed by atoms with Crippen molar-refractivity contribution in [3.63, 3.8) is 0 Å². The number of aromatic nitrogens is 2. The Hall–Kier alpha value is -0.490. The van der Waals surface area contributed by atoms with Crippen LogP contribution in [0, 0.1) is 0 Å². The molecule has 1 aromatic rings. The molecule has 3 nitrogen and oxygen atoms in total. The molecule has 0 spiro atoms. The highest BCUT2D eigenvalue weighted by molar-refractivity contribution is 9.10. The fourth-order valence-corrected chi connectivity index (χ4v) is 1.71. The van der Waals surface area contributed by atoms with Gasteiger partial charge in [-0.1, -0.05) is 6.92 Å². The van der Waals surface area contributed by atoms with E-state index in [0.717, 1.165) is 6.42 Å². The number of hydrogen-bond donors (Lipinski definition) is 1. The minimum absolute atomic E-state index is 0.141. The monoisotopic (exact) mass is 268 g/mol. The Labute approximate surface area is 88.9 Å². The molecule has 0 amide bonds. The van der Waals surface area contributed by atoms with Crippen LogP contribution in [0.1, 0.15) is 25.1 Å². The minimum atomic E-state index is -2.79. The summed E-state index contributed by atoms with van der Waals surface area (Å²) in [5, 5.41) is 13.1. The van der Waals surface area contributed by atoms with Crippen molar-refractivity contribution in [3.05, 3.63) is 16.4 Å². The summed E-state index contributed by atoms with van der Waals surface area (Å²) in [6, 6.07) is 0. The van der Waals surface area contributed by atoms with Crippen molar-refractivity contribution in [2.24, 2.45) is 0 Å². The summed E-state index contributed by atoms with van der Waals surface area (Å²) in [6.45, 7) is 2.43. The topological polar surface area (TPSA) is 38.0 Å². The number of aliphatic hydroxyl groups is 1. The highest BCUT2D eigenvalue weighted by Gasteiger charge is 2.25. The summed E-state index contributed by atoms with van der Waals surface area (Å²) < 4.78 is 26.4. The van der Waals surface area contributed by atoms with Gasteiger partial charge in [-0.3, -0.25) is 4.68 Å². The van der Waals surface area contributed by atoms with Crippen LogP contribution in [0.3, 0.4) is 0 Å². The van der Waals surface area contributed by atoms with Crippen LogP contribution in [-0.2, 0) is 6.54 Å². The zero-order valence-electron chi connectivity index (χ0n) is 7.62. The van der Waals surface area contributed by atoms with E-state index in [4.69, 9.17) is 0 Å². The first-order valence-electron chi connectivity index (χ1n) is 4.25. The smallest absolute Gasteiger partial charge is 0.269 e. The molecule has 0 radical (unpaired) electrons. The van der Waals surface area contributed by atoms with E-state index in [1.165, 1.54) is 10.9 Å². The first-order chi connectivity index (χ1) is 6.57. The van der Waals surface area contributed by atoms with E-state index >= 15 is 0 Å². The lowest BCUT2D eigenvalue weighted by atomic mass is 10.2. The van der Waals surface area contributed by atoms with Gasteiger partial charge in [0.15, 0.2) is 6.10 Å². The second-order valence-electron chi connectivity index (χ2n) is 2.88. The number of aliphatic hydroxyl groups excluding tert-OH is 1. The predicted octanol–water partition coefficient (Wildman–Crippen LogP) is 2.35. The first-order valence-corrected chi connectivity index (χ1v) is 5.04. The van der Waals surface area contributed by atoms with Crippen molar-refractivity contribution in [2.45, 2.75) is 32.4 Å². The maximum atomic E-state index is 12.3. The fraction of sp³-hybridized carbons (Fsp3) is 0.625. The van der Waals surface area contributed by atoms with Crippen molar-refractivity contribution in [1.29, 1.82) is 0 Å². The van der Waals surface area contributed by atoms with Crippen LogP contribution < -0.4 is 0 Å². The quantitative estimate of drug-likeness (QED) is 0.911. The fourth-order valence-electron chi connectivity index (χ4n) is 1.18. The van der Waals surface area contributed by atoms with Gasteiger partial charge in [-0.05, 0) is 22.4 Å². The number of hydrogen-bond acceptors (Lipinski definition) is 2. The average Bonchev–Trinajstić information content (AvgIpc) is 2.47. The number of aryl methyl sites for hydroxylation is 1. The molecule has 1 atom stereocenters. The van der Waals surface area contributed by atoms with Crippen molar-refractivity contribution < 1.29 is 13.9 Å². The van der Waals surface area contributed by atoms with Crippen LogP contribution in [0.4, 0.5) is 8.78 Å². The van der Waals surface area contributed by atoms with E-state index < -0.39 is 12.5 Å². The molecule has 6 heteroatoms. The highest BCUT2D eigenvalue weighted by Crippen LogP contribution is 2.27. The Morgan fingerprint density at radius 1 is 1.64 bits per heavy atom. The van der Waals surface area contributed by atoms with Crippen molar-refractivity contribution in [3.8, 4) is 0 Å². The van der Waals surface area contributed by atoms with E-state index in [2.05, 4.69) is 21.0 Å². The summed E-state index contributed by atoms with van der Waals surface area (Å²) in [7, 11) is 0. The third kappa shape index (κ3) is 2.30. The van der Waals surface area contributed by atoms with E-state index in [-0.39, 0.29) is 5.69 Å². The van der Waals surface area contributed by atoms with Gasteiger partial charge in [-0.25, -0.2) is 8.78 Å². The second kappa shape index (κ2) is 4.84. The second-order valence-corrected chi connectivity index (χ2v) is 3.73. The summed E-state index contributed by atoms with van der Waals surface area (Å²) in [5.41, 5.74) is 0.141. The van der Waals surface area contributed by atoms with Crippen LogP contribution >= 0.6 is 15.9 Å². The van der Waals surface area contributed by atoms with Gasteiger partial charge >= 0.3 is 0 Å². The zero-order valence-corrected chi connectivity index (χ0v) is 9.21. The number of halogens is 3. The summed E-state index contributed by atoms with van der Waals surface area (Å²) >= 11 is 3.08. The lowest BCUT2D eigenvalue weighted by Crippen LogP contribution is -2.15. The van der Waals surface area contributed by atoms with Crippen LogP contribution in [0.25, 0.3) is 0 Å². The van der Waals surface area contributed by atoms with Gasteiger partial charge < -0.3 is 5.11 Å². The van der Waals surface area contributed by atoms with Gasteiger partial charge in [0.25, 0.3) is 6.43 Å². The third-order valence-corrected chi connectivity index (χ3v) is 2.40. The maximum absolute atomic E-state index is 12.3. The SMILES string of the molecule is CCCn1ncc(Br)c1C(O)C(F)F. The normalized spacial score (nSPS) is 13.6. The molecule has 1 heterocycles. The lowest BCUT2D eigenvalue weighted by Gasteiger charge is -2.12. The first kappa shape index (κ1) is 11.6. The Bertz CT molecular complexity index is 304. The minimum Gasteiger partial charge on any atom is -0.381 e. The molecule has 1 unspecified atom stereocenters. The van der Waals surface area contributed by atoms with Crippen LogP contribution in [-0.4, -0.2) is 21.3 Å². The highest BCUT2D eigenvalue weighted by atomic mass is 79.9. The van der Waals surface area contributed by atoms with Crippen LogP contribution in [0.5, 0.6) is 0 Å². The van der Waals surface area contributed by atoms with E-state index in [1.807, 2.05) is 6.92 Å². The van der Waals surface area contributed by atoms with Crippen molar-refractivity contribution in [2.75, 3.05) is 0 Å². The molecule has 0 aliphatic rings. The van der Waals surface area contributed by atoms with Gasteiger partial charge in [-0.15, -0.1) is 0 Å². The standard InChI is InChI=1S/C8H11BrF2N2O/c1-2-3-13-6(5(9)4-12-13)7(14)8(10)11/h4,7-8,14H,2-3H2,1H3. The molecule has 0 bridgehead atoms. The molecule has 1 aromatic heterocycles. The zero-order chi connectivity index (χ0) is 10.7. The van der Waals surface area contributed by atoms with Crippen molar-refractivity contribution in [1.82, 2.24) is 9.78 Å². The van der Waals surface area contributed by atoms with E-state index in [1.54, 1.807) is 0 Å². The Kier molecular flexibility index (Phi) is 4.00. The largest absolute Gasteiger partial charge is 0.381 e. The average molecular weight is 269 g/mol. The molecular formula is C8H11BrF2N2O. The molecule has 1 N–H and O–H groups in total. The molecule has 0 aliphatic carbocycles. The Morgan fingerprint density at radius 2 is 2.29 bits per heavy atom. The van der Waals surface area contributed by atoms with Crippen molar-refractivity contribution >= 4 is 15.9 Å². The number of nitrogens with zero attached hydrogens (tertiary/aromatic N) is 2. The summed E-state index contributed by atoms with van der Waals surface area (Å²) in [4.78, 5) is 0. The number of alkyl halides is 2. The maximum Gasteiger partial charge on any atom is 0.269 e. The van der Waals surface area contributed by atoms with Crippen LogP contribution in [0.2, 0.25) is 0 Å². The van der Waals surface area contributed by atoms with Gasteiger partial charge in [-0.2, -0.15) is 5.10 Å². The summed E-state index contributed by atoms with van der Waals surface area (Å²) in [5.74, 6) is 0. The number of rotatable bonds is 4. The van der Waals surface area contributed by atoms with Gasteiger partial charge in [0, 0.05) is 6.54 Å². The third-order valence-electron chi connectivity index (χ3n) is 1.79. The van der Waals surface area contributed by atoms with Gasteiger partial charge in [0.2, 0.25) is 0 Å². The predicted molar refractivity (Wildman–Crippen MR) is 51.2 cm³/mol. The Balaban J connectivity index is 2.97. The summed E-state index contributed by atoms with van der Waals surface area (Å²) in [6.07, 6.45) is -2.38. The molecule has 1 rings (SSSR count). The van der Waals surface area contributed by atoms with Gasteiger partial charge in [0.1, 0.15) is 0 Å². The molecule has 80 valence electrons.